The third-order valence-electron chi connectivity index (χ3n) is 6.90. The van der Waals surface area contributed by atoms with E-state index < -0.39 is 17.4 Å². The van der Waals surface area contributed by atoms with Crippen molar-refractivity contribution in [2.24, 2.45) is 14.1 Å². The highest BCUT2D eigenvalue weighted by Gasteiger charge is 2.34. The summed E-state index contributed by atoms with van der Waals surface area (Å²) in [5.74, 6) is 0. The van der Waals surface area contributed by atoms with Crippen LogP contribution >= 0.6 is 0 Å². The van der Waals surface area contributed by atoms with Crippen molar-refractivity contribution in [3.63, 3.8) is 0 Å². The van der Waals surface area contributed by atoms with E-state index in [1.165, 1.54) is 17.2 Å². The van der Waals surface area contributed by atoms with Gasteiger partial charge < -0.3 is 5.11 Å². The smallest absolute Gasteiger partial charge is 0.332 e. The van der Waals surface area contributed by atoms with Crippen LogP contribution in [0.3, 0.4) is 0 Å². The molecule has 0 unspecified atom stereocenters. The summed E-state index contributed by atoms with van der Waals surface area (Å²) in [5, 5.41) is 11.7. The maximum Gasteiger partial charge on any atom is 0.332 e. The highest BCUT2D eigenvalue weighted by Crippen LogP contribution is 2.48. The van der Waals surface area contributed by atoms with E-state index in [0.717, 1.165) is 33.2 Å². The lowest BCUT2D eigenvalue weighted by Crippen LogP contribution is -2.37. The van der Waals surface area contributed by atoms with Crippen molar-refractivity contribution < 1.29 is 5.11 Å². The molecule has 1 atom stereocenters. The van der Waals surface area contributed by atoms with E-state index in [1.807, 2.05) is 66.7 Å². The molecule has 5 aromatic rings. The lowest BCUT2D eigenvalue weighted by Gasteiger charge is -2.17. The van der Waals surface area contributed by atoms with Crippen LogP contribution < -0.4 is 11.2 Å². The van der Waals surface area contributed by atoms with Crippen LogP contribution in [0.15, 0.2) is 88.5 Å². The van der Waals surface area contributed by atoms with Gasteiger partial charge in [0.1, 0.15) is 6.10 Å². The first-order valence-electron chi connectivity index (χ1n) is 11.5. The standard InChI is InChI=1S/C29H23N3O3/c1-31-27-24(28(34)32(2)29(31)35)22(23-25(30-27)20-10-6-7-11-21(20)26(23)33)19-14-12-18(13-15-19)16-17-8-4-3-5-9-17/h3-15,26,33H,16H2,1-2H3/t26-/m1/s1. The second-order valence-electron chi connectivity index (χ2n) is 9.00. The number of pyridine rings is 1. The first-order valence-corrected chi connectivity index (χ1v) is 11.5. The minimum Gasteiger partial charge on any atom is -0.384 e. The molecule has 1 N–H and O–H groups in total. The highest BCUT2D eigenvalue weighted by molar-refractivity contribution is 5.99. The number of aryl methyl sites for hydroxylation is 1. The Labute approximate surface area is 201 Å². The van der Waals surface area contributed by atoms with Crippen LogP contribution in [0, 0.1) is 0 Å². The van der Waals surface area contributed by atoms with Gasteiger partial charge >= 0.3 is 5.69 Å². The molecule has 0 saturated heterocycles. The third-order valence-corrected chi connectivity index (χ3v) is 6.90. The van der Waals surface area contributed by atoms with Crippen LogP contribution in [0.2, 0.25) is 0 Å². The largest absolute Gasteiger partial charge is 0.384 e. The first kappa shape index (κ1) is 21.3. The van der Waals surface area contributed by atoms with E-state index in [1.54, 1.807) is 7.05 Å². The fourth-order valence-electron chi connectivity index (χ4n) is 5.10. The Morgan fingerprint density at radius 1 is 0.829 bits per heavy atom. The normalized spacial score (nSPS) is 14.2. The van der Waals surface area contributed by atoms with Crippen molar-refractivity contribution in [2.45, 2.75) is 12.5 Å². The van der Waals surface area contributed by atoms with Crippen molar-refractivity contribution in [1.82, 2.24) is 14.1 Å². The van der Waals surface area contributed by atoms with E-state index in [2.05, 4.69) is 12.1 Å². The molecule has 2 heterocycles. The molecular formula is C29H23N3O3. The number of rotatable bonds is 3. The molecule has 172 valence electrons. The van der Waals surface area contributed by atoms with Gasteiger partial charge in [-0.05, 0) is 28.7 Å². The summed E-state index contributed by atoms with van der Waals surface area (Å²) in [5.41, 5.74) is 5.98. The average molecular weight is 462 g/mol. The minimum absolute atomic E-state index is 0.309. The Hall–Kier alpha value is -4.29. The molecule has 6 rings (SSSR count). The van der Waals surface area contributed by atoms with Gasteiger partial charge in [-0.3, -0.25) is 13.9 Å². The number of fused-ring (bicyclic) bond motifs is 4. The van der Waals surface area contributed by atoms with Crippen molar-refractivity contribution >= 4 is 11.0 Å². The van der Waals surface area contributed by atoms with Crippen LogP contribution in [0.5, 0.6) is 0 Å². The van der Waals surface area contributed by atoms with E-state index >= 15 is 0 Å². The van der Waals surface area contributed by atoms with Gasteiger partial charge in [0.2, 0.25) is 0 Å². The zero-order valence-electron chi connectivity index (χ0n) is 19.4. The van der Waals surface area contributed by atoms with Crippen LogP contribution in [0.1, 0.15) is 28.4 Å². The van der Waals surface area contributed by atoms with Gasteiger partial charge in [-0.1, -0.05) is 78.9 Å². The molecule has 1 aliphatic carbocycles. The van der Waals surface area contributed by atoms with Gasteiger partial charge in [0.25, 0.3) is 5.56 Å². The quantitative estimate of drug-likeness (QED) is 0.441. The zero-order valence-corrected chi connectivity index (χ0v) is 19.4. The summed E-state index contributed by atoms with van der Waals surface area (Å²) in [6.07, 6.45) is -0.125. The fraction of sp³-hybridized carbons (Fsp3) is 0.138. The molecule has 0 spiro atoms. The van der Waals surface area contributed by atoms with Crippen LogP contribution in [0.4, 0.5) is 0 Å². The number of aliphatic hydroxyl groups excluding tert-OH is 1. The summed E-state index contributed by atoms with van der Waals surface area (Å²) in [6.45, 7) is 0. The van der Waals surface area contributed by atoms with Gasteiger partial charge in [-0.25, -0.2) is 9.78 Å². The third kappa shape index (κ3) is 3.18. The number of aliphatic hydroxyl groups is 1. The number of hydrogen-bond donors (Lipinski definition) is 1. The molecule has 2 aromatic heterocycles. The summed E-state index contributed by atoms with van der Waals surface area (Å²) in [6, 6.07) is 25.8. The Kier molecular flexibility index (Phi) is 4.79. The molecule has 0 amide bonds. The SMILES string of the molecule is Cn1c(=O)c2c(-c3ccc(Cc4ccccc4)cc3)c3c(nc2n(C)c1=O)-c1ccccc1[C@H]3O. The molecule has 0 bridgehead atoms. The first-order chi connectivity index (χ1) is 17.0. The van der Waals surface area contributed by atoms with Gasteiger partial charge in [0.05, 0.1) is 11.1 Å². The van der Waals surface area contributed by atoms with Crippen molar-refractivity contribution in [3.05, 3.63) is 122 Å². The van der Waals surface area contributed by atoms with Crippen molar-refractivity contribution in [3.8, 4) is 22.4 Å². The lowest BCUT2D eigenvalue weighted by molar-refractivity contribution is 0.225. The second kappa shape index (κ2) is 7.89. The molecule has 0 radical (unpaired) electrons. The number of aromatic nitrogens is 3. The number of nitrogens with zero attached hydrogens (tertiary/aromatic N) is 3. The summed E-state index contributed by atoms with van der Waals surface area (Å²) < 4.78 is 2.50. The van der Waals surface area contributed by atoms with Gasteiger partial charge in [0, 0.05) is 30.8 Å². The number of hydrogen-bond acceptors (Lipinski definition) is 4. The maximum absolute atomic E-state index is 13.4. The molecule has 6 nitrogen and oxygen atoms in total. The highest BCUT2D eigenvalue weighted by atomic mass is 16.3. The monoisotopic (exact) mass is 461 g/mol. The maximum atomic E-state index is 13.4. The molecule has 0 saturated carbocycles. The van der Waals surface area contributed by atoms with Gasteiger partial charge in [-0.15, -0.1) is 0 Å². The zero-order chi connectivity index (χ0) is 24.3. The number of benzene rings is 3. The molecule has 0 aliphatic heterocycles. The van der Waals surface area contributed by atoms with E-state index in [-0.39, 0.29) is 0 Å². The molecule has 1 aliphatic rings. The Balaban J connectivity index is 1.64. The summed E-state index contributed by atoms with van der Waals surface area (Å²) in [4.78, 5) is 30.9. The van der Waals surface area contributed by atoms with Crippen LogP contribution in [0.25, 0.3) is 33.4 Å². The van der Waals surface area contributed by atoms with E-state index in [9.17, 15) is 14.7 Å². The Morgan fingerprint density at radius 2 is 1.49 bits per heavy atom. The van der Waals surface area contributed by atoms with Crippen molar-refractivity contribution in [2.75, 3.05) is 0 Å². The second-order valence-corrected chi connectivity index (χ2v) is 9.00. The van der Waals surface area contributed by atoms with E-state index in [0.29, 0.717) is 27.9 Å². The predicted octanol–water partition coefficient (Wildman–Crippen LogP) is 3.95. The Bertz CT molecular complexity index is 1730. The van der Waals surface area contributed by atoms with Gasteiger partial charge in [-0.2, -0.15) is 0 Å². The van der Waals surface area contributed by atoms with Crippen molar-refractivity contribution in [1.29, 1.82) is 0 Å². The topological polar surface area (TPSA) is 77.1 Å². The predicted molar refractivity (Wildman–Crippen MR) is 136 cm³/mol. The fourth-order valence-corrected chi connectivity index (χ4v) is 5.10. The molecule has 35 heavy (non-hydrogen) atoms. The molecule has 6 heteroatoms. The van der Waals surface area contributed by atoms with Crippen LogP contribution in [-0.4, -0.2) is 19.2 Å². The lowest BCUT2D eigenvalue weighted by atomic mass is 9.93. The minimum atomic E-state index is -0.918. The molecular weight excluding hydrogens is 438 g/mol. The summed E-state index contributed by atoms with van der Waals surface area (Å²) >= 11 is 0. The Morgan fingerprint density at radius 3 is 2.23 bits per heavy atom. The molecule has 3 aromatic carbocycles. The van der Waals surface area contributed by atoms with E-state index in [4.69, 9.17) is 4.98 Å². The molecule has 0 fully saturated rings. The summed E-state index contributed by atoms with van der Waals surface area (Å²) in [7, 11) is 3.09. The van der Waals surface area contributed by atoms with Crippen LogP contribution in [-0.2, 0) is 20.5 Å². The average Bonchev–Trinajstić information content (AvgIpc) is 3.18. The van der Waals surface area contributed by atoms with Gasteiger partial charge in [0.15, 0.2) is 5.65 Å².